The van der Waals surface area contributed by atoms with E-state index in [4.69, 9.17) is 5.73 Å². The molecule has 1 aliphatic heterocycles. The molecule has 0 aromatic heterocycles. The standard InChI is InChI=1S/C13H26N2O/c1-4-13(2,3)12(16)15-9-6-11(5-8-14)7-10-15/h11H,4-10,14H2,1-3H3. The van der Waals surface area contributed by atoms with Gasteiger partial charge in [-0.3, -0.25) is 4.79 Å². The molecule has 1 fully saturated rings. The molecule has 1 amide bonds. The summed E-state index contributed by atoms with van der Waals surface area (Å²) in [6, 6.07) is 0. The maximum Gasteiger partial charge on any atom is 0.228 e. The van der Waals surface area contributed by atoms with Crippen molar-refractivity contribution >= 4 is 5.91 Å². The molecule has 0 unspecified atom stereocenters. The molecule has 3 nitrogen and oxygen atoms in total. The van der Waals surface area contributed by atoms with Crippen molar-refractivity contribution in [3.05, 3.63) is 0 Å². The van der Waals surface area contributed by atoms with E-state index in [1.165, 1.54) is 0 Å². The molecular weight excluding hydrogens is 200 g/mol. The maximum atomic E-state index is 12.2. The Morgan fingerprint density at radius 2 is 1.94 bits per heavy atom. The van der Waals surface area contributed by atoms with Crippen molar-refractivity contribution in [2.24, 2.45) is 17.1 Å². The number of nitrogens with zero attached hydrogens (tertiary/aromatic N) is 1. The minimum atomic E-state index is -0.194. The first-order chi connectivity index (χ1) is 7.51. The molecule has 0 atom stereocenters. The van der Waals surface area contributed by atoms with E-state index in [9.17, 15) is 4.79 Å². The van der Waals surface area contributed by atoms with Crippen LogP contribution in [-0.2, 0) is 4.79 Å². The van der Waals surface area contributed by atoms with Gasteiger partial charge in [0.15, 0.2) is 0 Å². The van der Waals surface area contributed by atoms with Gasteiger partial charge in [-0.2, -0.15) is 0 Å². The Kier molecular flexibility index (Phi) is 4.78. The van der Waals surface area contributed by atoms with Gasteiger partial charge in [0.05, 0.1) is 0 Å². The van der Waals surface area contributed by atoms with Crippen LogP contribution in [-0.4, -0.2) is 30.4 Å². The van der Waals surface area contributed by atoms with E-state index in [0.717, 1.165) is 51.2 Å². The molecule has 2 N–H and O–H groups in total. The molecule has 3 heteroatoms. The summed E-state index contributed by atoms with van der Waals surface area (Å²) in [5.41, 5.74) is 5.37. The van der Waals surface area contributed by atoms with Crippen LogP contribution < -0.4 is 5.73 Å². The summed E-state index contributed by atoms with van der Waals surface area (Å²) < 4.78 is 0. The fourth-order valence-electron chi connectivity index (χ4n) is 2.24. The summed E-state index contributed by atoms with van der Waals surface area (Å²) in [6.07, 6.45) is 4.28. The van der Waals surface area contributed by atoms with E-state index in [2.05, 4.69) is 6.92 Å². The second-order valence-electron chi connectivity index (χ2n) is 5.55. The Balaban J connectivity index is 2.45. The predicted molar refractivity (Wildman–Crippen MR) is 67.0 cm³/mol. The van der Waals surface area contributed by atoms with Gasteiger partial charge in [-0.25, -0.2) is 0 Å². The monoisotopic (exact) mass is 226 g/mol. The Morgan fingerprint density at radius 1 is 1.38 bits per heavy atom. The number of nitrogens with two attached hydrogens (primary N) is 1. The molecule has 0 aromatic rings. The molecule has 0 aliphatic carbocycles. The van der Waals surface area contributed by atoms with Crippen LogP contribution in [0.3, 0.4) is 0 Å². The van der Waals surface area contributed by atoms with Gasteiger partial charge >= 0.3 is 0 Å². The van der Waals surface area contributed by atoms with E-state index < -0.39 is 0 Å². The highest BCUT2D eigenvalue weighted by molar-refractivity contribution is 5.81. The molecule has 1 heterocycles. The van der Waals surface area contributed by atoms with Gasteiger partial charge in [-0.1, -0.05) is 20.8 Å². The van der Waals surface area contributed by atoms with Crippen LogP contribution in [0.25, 0.3) is 0 Å². The third kappa shape index (κ3) is 3.21. The molecule has 94 valence electrons. The molecule has 1 saturated heterocycles. The highest BCUT2D eigenvalue weighted by atomic mass is 16.2. The average molecular weight is 226 g/mol. The van der Waals surface area contributed by atoms with Crippen LogP contribution in [0.4, 0.5) is 0 Å². The summed E-state index contributed by atoms with van der Waals surface area (Å²) in [4.78, 5) is 14.3. The molecule has 0 saturated carbocycles. The first-order valence-corrected chi connectivity index (χ1v) is 6.50. The Labute approximate surface area is 99.4 Å². The SMILES string of the molecule is CCC(C)(C)C(=O)N1CCC(CCN)CC1. The van der Waals surface area contributed by atoms with Crippen LogP contribution in [0.15, 0.2) is 0 Å². The van der Waals surface area contributed by atoms with Crippen molar-refractivity contribution < 1.29 is 4.79 Å². The number of hydrogen-bond donors (Lipinski definition) is 1. The van der Waals surface area contributed by atoms with Crippen molar-refractivity contribution in [3.63, 3.8) is 0 Å². The summed E-state index contributed by atoms with van der Waals surface area (Å²) in [7, 11) is 0. The molecule has 0 radical (unpaired) electrons. The molecule has 0 spiro atoms. The Hall–Kier alpha value is -0.570. The zero-order valence-corrected chi connectivity index (χ0v) is 11.0. The van der Waals surface area contributed by atoms with Crippen molar-refractivity contribution in [3.8, 4) is 0 Å². The van der Waals surface area contributed by atoms with Crippen LogP contribution in [0, 0.1) is 11.3 Å². The quantitative estimate of drug-likeness (QED) is 0.797. The summed E-state index contributed by atoms with van der Waals surface area (Å²) in [6.45, 7) is 8.79. The van der Waals surface area contributed by atoms with E-state index in [0.29, 0.717) is 5.91 Å². The molecule has 1 aliphatic rings. The van der Waals surface area contributed by atoms with Crippen molar-refractivity contribution in [1.82, 2.24) is 4.90 Å². The van der Waals surface area contributed by atoms with Crippen LogP contribution in [0.1, 0.15) is 46.5 Å². The average Bonchev–Trinajstić information content (AvgIpc) is 2.29. The topological polar surface area (TPSA) is 46.3 Å². The smallest absolute Gasteiger partial charge is 0.228 e. The van der Waals surface area contributed by atoms with Crippen molar-refractivity contribution in [2.45, 2.75) is 46.5 Å². The molecule has 1 rings (SSSR count). The number of hydrogen-bond acceptors (Lipinski definition) is 2. The van der Waals surface area contributed by atoms with Gasteiger partial charge in [0, 0.05) is 18.5 Å². The second-order valence-corrected chi connectivity index (χ2v) is 5.55. The lowest BCUT2D eigenvalue weighted by Crippen LogP contribution is -2.45. The minimum Gasteiger partial charge on any atom is -0.342 e. The largest absolute Gasteiger partial charge is 0.342 e. The number of rotatable bonds is 4. The number of amides is 1. The van der Waals surface area contributed by atoms with Gasteiger partial charge in [0.25, 0.3) is 0 Å². The van der Waals surface area contributed by atoms with Crippen molar-refractivity contribution in [1.29, 1.82) is 0 Å². The van der Waals surface area contributed by atoms with Gasteiger partial charge in [-0.05, 0) is 38.1 Å². The molecular formula is C13H26N2O. The lowest BCUT2D eigenvalue weighted by Gasteiger charge is -2.36. The van der Waals surface area contributed by atoms with E-state index in [-0.39, 0.29) is 5.41 Å². The second kappa shape index (κ2) is 5.67. The van der Waals surface area contributed by atoms with Crippen molar-refractivity contribution in [2.75, 3.05) is 19.6 Å². The molecule has 0 aromatic carbocycles. The summed E-state index contributed by atoms with van der Waals surface area (Å²) in [5, 5.41) is 0. The highest BCUT2D eigenvalue weighted by Gasteiger charge is 2.32. The van der Waals surface area contributed by atoms with Crippen LogP contribution in [0.2, 0.25) is 0 Å². The van der Waals surface area contributed by atoms with Gasteiger partial charge in [-0.15, -0.1) is 0 Å². The first-order valence-electron chi connectivity index (χ1n) is 6.50. The number of likely N-dealkylation sites (tertiary alicyclic amines) is 1. The third-order valence-corrected chi connectivity index (χ3v) is 3.94. The summed E-state index contributed by atoms with van der Waals surface area (Å²) in [5.74, 6) is 1.06. The maximum absolute atomic E-state index is 12.2. The third-order valence-electron chi connectivity index (χ3n) is 3.94. The van der Waals surface area contributed by atoms with Crippen LogP contribution in [0.5, 0.6) is 0 Å². The number of carbonyl (C=O) groups is 1. The van der Waals surface area contributed by atoms with Gasteiger partial charge < -0.3 is 10.6 Å². The Bertz CT molecular complexity index is 230. The fraction of sp³-hybridized carbons (Fsp3) is 0.923. The minimum absolute atomic E-state index is 0.194. The zero-order valence-electron chi connectivity index (χ0n) is 11.0. The van der Waals surface area contributed by atoms with Crippen LogP contribution >= 0.6 is 0 Å². The highest BCUT2D eigenvalue weighted by Crippen LogP contribution is 2.27. The zero-order chi connectivity index (χ0) is 12.2. The predicted octanol–water partition coefficient (Wildman–Crippen LogP) is 2.01. The number of piperidine rings is 1. The Morgan fingerprint density at radius 3 is 2.38 bits per heavy atom. The number of carbonyl (C=O) groups excluding carboxylic acids is 1. The van der Waals surface area contributed by atoms with E-state index in [1.54, 1.807) is 0 Å². The normalized spacial score (nSPS) is 18.9. The summed E-state index contributed by atoms with van der Waals surface area (Å²) >= 11 is 0. The van der Waals surface area contributed by atoms with Gasteiger partial charge in [0.2, 0.25) is 5.91 Å². The lowest BCUT2D eigenvalue weighted by molar-refractivity contribution is -0.142. The first kappa shape index (κ1) is 13.5. The lowest BCUT2D eigenvalue weighted by atomic mass is 9.86. The van der Waals surface area contributed by atoms with E-state index in [1.807, 2.05) is 18.7 Å². The molecule has 0 bridgehead atoms. The fourth-order valence-corrected chi connectivity index (χ4v) is 2.24. The van der Waals surface area contributed by atoms with E-state index >= 15 is 0 Å². The molecule has 16 heavy (non-hydrogen) atoms. The van der Waals surface area contributed by atoms with Gasteiger partial charge in [0.1, 0.15) is 0 Å².